The minimum Gasteiger partial charge on any atom is -0.378 e. The van der Waals surface area contributed by atoms with Crippen LogP contribution in [0.1, 0.15) is 49.2 Å². The molecule has 174 valence electrons. The lowest BCUT2D eigenvalue weighted by molar-refractivity contribution is 0.197. The molecule has 1 atom stereocenters. The minimum absolute atomic E-state index is 0.00665. The summed E-state index contributed by atoms with van der Waals surface area (Å²) in [7, 11) is 4.11. The van der Waals surface area contributed by atoms with Crippen LogP contribution in [0, 0.1) is 5.82 Å². The molecular formula is C25H32FN7. The van der Waals surface area contributed by atoms with Gasteiger partial charge in [-0.15, -0.1) is 5.10 Å². The number of anilines is 2. The van der Waals surface area contributed by atoms with Gasteiger partial charge in [0.15, 0.2) is 5.82 Å². The summed E-state index contributed by atoms with van der Waals surface area (Å²) in [6, 6.07) is 15.9. The van der Waals surface area contributed by atoms with Crippen molar-refractivity contribution in [1.29, 1.82) is 0 Å². The Hall–Kier alpha value is -3.00. The average Bonchev–Trinajstić information content (AvgIpc) is 3.53. The van der Waals surface area contributed by atoms with Crippen molar-refractivity contribution in [2.75, 3.05) is 50.1 Å². The van der Waals surface area contributed by atoms with Crippen LogP contribution in [0.5, 0.6) is 0 Å². The van der Waals surface area contributed by atoms with Gasteiger partial charge in [0.25, 0.3) is 0 Å². The molecule has 0 bridgehead atoms. The first-order chi connectivity index (χ1) is 16.1. The van der Waals surface area contributed by atoms with E-state index in [0.717, 1.165) is 50.5 Å². The summed E-state index contributed by atoms with van der Waals surface area (Å²) in [6.45, 7) is 3.52. The third kappa shape index (κ3) is 4.57. The Labute approximate surface area is 194 Å². The lowest BCUT2D eigenvalue weighted by atomic mass is 10.0. The summed E-state index contributed by atoms with van der Waals surface area (Å²) in [5.41, 5.74) is 3.46. The largest absolute Gasteiger partial charge is 0.378 e. The van der Waals surface area contributed by atoms with E-state index in [4.69, 9.17) is 0 Å². The van der Waals surface area contributed by atoms with Crippen molar-refractivity contribution in [1.82, 2.24) is 25.1 Å². The number of benzene rings is 2. The molecule has 2 aromatic carbocycles. The molecule has 0 N–H and O–H groups in total. The molecule has 0 amide bonds. The number of hydrogen-bond acceptors (Lipinski definition) is 6. The smallest absolute Gasteiger partial charge is 0.173 e. The van der Waals surface area contributed by atoms with Gasteiger partial charge in [-0.3, -0.25) is 4.90 Å². The van der Waals surface area contributed by atoms with Gasteiger partial charge < -0.3 is 9.80 Å². The van der Waals surface area contributed by atoms with E-state index in [2.05, 4.69) is 73.3 Å². The van der Waals surface area contributed by atoms with Crippen LogP contribution in [-0.2, 0) is 0 Å². The highest BCUT2D eigenvalue weighted by atomic mass is 19.1. The second-order valence-electron chi connectivity index (χ2n) is 9.31. The van der Waals surface area contributed by atoms with Crippen molar-refractivity contribution < 1.29 is 4.39 Å². The molecule has 1 aliphatic carbocycles. The Bertz CT molecular complexity index is 1030. The Balaban J connectivity index is 1.42. The third-order valence-corrected chi connectivity index (χ3v) is 7.03. The molecule has 2 aliphatic rings. The van der Waals surface area contributed by atoms with E-state index >= 15 is 0 Å². The first-order valence-electron chi connectivity index (χ1n) is 11.9. The molecule has 2 heterocycles. The number of rotatable bonds is 6. The molecule has 1 saturated carbocycles. The Morgan fingerprint density at radius 1 is 0.909 bits per heavy atom. The van der Waals surface area contributed by atoms with Crippen molar-refractivity contribution >= 4 is 11.4 Å². The fourth-order valence-electron chi connectivity index (χ4n) is 5.16. The van der Waals surface area contributed by atoms with E-state index in [9.17, 15) is 4.39 Å². The van der Waals surface area contributed by atoms with E-state index in [0.29, 0.717) is 6.04 Å². The topological polar surface area (TPSA) is 53.3 Å². The Kier molecular flexibility index (Phi) is 6.26. The maximum atomic E-state index is 13.4. The van der Waals surface area contributed by atoms with E-state index in [1.165, 1.54) is 36.2 Å². The van der Waals surface area contributed by atoms with E-state index in [1.807, 2.05) is 12.1 Å². The van der Waals surface area contributed by atoms with Crippen molar-refractivity contribution in [3.63, 3.8) is 0 Å². The van der Waals surface area contributed by atoms with Crippen LogP contribution in [0.15, 0.2) is 48.5 Å². The number of aromatic nitrogens is 4. The molecule has 33 heavy (non-hydrogen) atoms. The second-order valence-corrected chi connectivity index (χ2v) is 9.31. The molecule has 0 spiro atoms. The summed E-state index contributed by atoms with van der Waals surface area (Å²) in [4.78, 5) is 6.92. The highest BCUT2D eigenvalue weighted by molar-refractivity contribution is 5.48. The highest BCUT2D eigenvalue weighted by Crippen LogP contribution is 2.35. The van der Waals surface area contributed by atoms with Crippen LogP contribution in [-0.4, -0.2) is 65.4 Å². The van der Waals surface area contributed by atoms with Gasteiger partial charge in [-0.05, 0) is 65.2 Å². The van der Waals surface area contributed by atoms with Gasteiger partial charge in [-0.2, -0.15) is 0 Å². The minimum atomic E-state index is -0.197. The number of tetrazole rings is 1. The average molecular weight is 450 g/mol. The van der Waals surface area contributed by atoms with Gasteiger partial charge in [0.2, 0.25) is 0 Å². The molecule has 0 radical (unpaired) electrons. The van der Waals surface area contributed by atoms with Crippen LogP contribution in [0.4, 0.5) is 15.8 Å². The standard InChI is InChI=1S/C25H32FN7/c1-30(2)21-11-7-19(8-12-21)24(25-27-28-29-33(25)23-5-3-4-6-23)32-17-15-31(16-18-32)22-13-9-20(26)10-14-22/h7-14,23-24H,3-6,15-18H2,1-2H3. The fraction of sp³-hybridized carbons (Fsp3) is 0.480. The third-order valence-electron chi connectivity index (χ3n) is 7.03. The van der Waals surface area contributed by atoms with Crippen LogP contribution < -0.4 is 9.80 Å². The molecule has 8 heteroatoms. The number of hydrogen-bond donors (Lipinski definition) is 0. The SMILES string of the molecule is CN(C)c1ccc(C(c2nnnn2C2CCCC2)N2CCN(c3ccc(F)cc3)CC2)cc1. The lowest BCUT2D eigenvalue weighted by Gasteiger charge is -2.40. The molecule has 3 aromatic rings. The Morgan fingerprint density at radius 2 is 1.58 bits per heavy atom. The van der Waals surface area contributed by atoms with Gasteiger partial charge in [0, 0.05) is 51.6 Å². The molecule has 1 aliphatic heterocycles. The van der Waals surface area contributed by atoms with Gasteiger partial charge in [0.05, 0.1) is 12.1 Å². The number of piperazine rings is 1. The first kappa shape index (κ1) is 21.8. The van der Waals surface area contributed by atoms with E-state index in [-0.39, 0.29) is 11.9 Å². The van der Waals surface area contributed by atoms with Crippen molar-refractivity contribution in [3.05, 3.63) is 65.7 Å². The maximum absolute atomic E-state index is 13.4. The molecule has 1 saturated heterocycles. The molecule has 7 nitrogen and oxygen atoms in total. The van der Waals surface area contributed by atoms with E-state index < -0.39 is 0 Å². The molecule has 2 fully saturated rings. The van der Waals surface area contributed by atoms with Crippen molar-refractivity contribution in [2.24, 2.45) is 0 Å². The van der Waals surface area contributed by atoms with Crippen LogP contribution in [0.25, 0.3) is 0 Å². The van der Waals surface area contributed by atoms with Gasteiger partial charge in [-0.1, -0.05) is 25.0 Å². The van der Waals surface area contributed by atoms with Crippen molar-refractivity contribution in [2.45, 2.75) is 37.8 Å². The van der Waals surface area contributed by atoms with Crippen LogP contribution in [0.3, 0.4) is 0 Å². The zero-order valence-electron chi connectivity index (χ0n) is 19.4. The van der Waals surface area contributed by atoms with Gasteiger partial charge in [-0.25, -0.2) is 9.07 Å². The summed E-state index contributed by atoms with van der Waals surface area (Å²) >= 11 is 0. The number of halogens is 1. The van der Waals surface area contributed by atoms with Crippen LogP contribution >= 0.6 is 0 Å². The predicted octanol–water partition coefficient (Wildman–Crippen LogP) is 3.90. The summed E-state index contributed by atoms with van der Waals surface area (Å²) < 4.78 is 15.4. The van der Waals surface area contributed by atoms with Gasteiger partial charge >= 0.3 is 0 Å². The fourth-order valence-corrected chi connectivity index (χ4v) is 5.16. The highest BCUT2D eigenvalue weighted by Gasteiger charge is 2.33. The molecule has 1 aromatic heterocycles. The van der Waals surface area contributed by atoms with E-state index in [1.54, 1.807) is 0 Å². The molecule has 1 unspecified atom stereocenters. The lowest BCUT2D eigenvalue weighted by Crippen LogP contribution is -2.48. The molecule has 5 rings (SSSR count). The maximum Gasteiger partial charge on any atom is 0.173 e. The summed E-state index contributed by atoms with van der Waals surface area (Å²) in [6.07, 6.45) is 4.76. The van der Waals surface area contributed by atoms with Gasteiger partial charge in [0.1, 0.15) is 5.82 Å². The monoisotopic (exact) mass is 449 g/mol. The van der Waals surface area contributed by atoms with Crippen LogP contribution in [0.2, 0.25) is 0 Å². The zero-order valence-corrected chi connectivity index (χ0v) is 19.4. The quantitative estimate of drug-likeness (QED) is 0.569. The predicted molar refractivity (Wildman–Crippen MR) is 128 cm³/mol. The number of nitrogens with zero attached hydrogens (tertiary/aromatic N) is 7. The molecular weight excluding hydrogens is 417 g/mol. The van der Waals surface area contributed by atoms with Crippen molar-refractivity contribution in [3.8, 4) is 0 Å². The normalized spacial score (nSPS) is 18.6. The second kappa shape index (κ2) is 9.47. The Morgan fingerprint density at radius 3 is 2.21 bits per heavy atom. The summed E-state index contributed by atoms with van der Waals surface area (Å²) in [5.74, 6) is 0.743. The first-order valence-corrected chi connectivity index (χ1v) is 11.9. The summed E-state index contributed by atoms with van der Waals surface area (Å²) in [5, 5.41) is 13.1. The zero-order chi connectivity index (χ0) is 22.8.